The van der Waals surface area contributed by atoms with Gasteiger partial charge in [-0.15, -0.1) is 0 Å². The minimum absolute atomic E-state index is 0.191. The Morgan fingerprint density at radius 2 is 1.20 bits per heavy atom. The lowest BCUT2D eigenvalue weighted by atomic mass is 10.1. The number of benzene rings is 1. The van der Waals surface area contributed by atoms with E-state index >= 15 is 0 Å². The molecule has 3 aromatic rings. The van der Waals surface area contributed by atoms with Gasteiger partial charge in [0, 0.05) is 13.6 Å². The average molecular weight is 272 g/mol. The van der Waals surface area contributed by atoms with Crippen molar-refractivity contribution in [1.82, 2.24) is 9.13 Å². The molecule has 3 rings (SSSR count). The summed E-state index contributed by atoms with van der Waals surface area (Å²) in [7, 11) is 1.38. The molecule has 102 valence electrons. The van der Waals surface area contributed by atoms with E-state index in [2.05, 4.69) is 0 Å². The van der Waals surface area contributed by atoms with E-state index < -0.39 is 22.2 Å². The highest BCUT2D eigenvalue weighted by atomic mass is 16.2. The zero-order valence-electron chi connectivity index (χ0n) is 11.1. The van der Waals surface area contributed by atoms with E-state index in [0.29, 0.717) is 13.0 Å². The SMILES string of the molecule is CCCn1c(=O)c2cc3c(=O)n(C)c(=O)c3cc2c1=O. The first-order valence-electron chi connectivity index (χ1n) is 6.34. The number of hydrogen-bond acceptors (Lipinski definition) is 4. The summed E-state index contributed by atoms with van der Waals surface area (Å²) in [6.07, 6.45) is 0.659. The maximum Gasteiger partial charge on any atom is 0.261 e. The van der Waals surface area contributed by atoms with Crippen LogP contribution in [0.4, 0.5) is 0 Å². The van der Waals surface area contributed by atoms with E-state index in [1.54, 1.807) is 0 Å². The van der Waals surface area contributed by atoms with Gasteiger partial charge in [-0.05, 0) is 18.6 Å². The summed E-state index contributed by atoms with van der Waals surface area (Å²) in [4.78, 5) is 48.1. The molecule has 0 fully saturated rings. The second-order valence-corrected chi connectivity index (χ2v) is 4.87. The lowest BCUT2D eigenvalue weighted by Crippen LogP contribution is -2.25. The molecule has 2 aromatic heterocycles. The van der Waals surface area contributed by atoms with Crippen LogP contribution < -0.4 is 22.2 Å². The van der Waals surface area contributed by atoms with Crippen LogP contribution in [0.3, 0.4) is 0 Å². The Kier molecular flexibility index (Phi) is 2.50. The van der Waals surface area contributed by atoms with Crippen LogP contribution in [0, 0.1) is 0 Å². The third-order valence-electron chi connectivity index (χ3n) is 3.63. The van der Waals surface area contributed by atoms with Crippen molar-refractivity contribution < 1.29 is 0 Å². The second-order valence-electron chi connectivity index (χ2n) is 4.87. The van der Waals surface area contributed by atoms with Gasteiger partial charge >= 0.3 is 0 Å². The minimum atomic E-state index is -0.443. The van der Waals surface area contributed by atoms with Crippen molar-refractivity contribution in [2.24, 2.45) is 7.05 Å². The summed E-state index contributed by atoms with van der Waals surface area (Å²) < 4.78 is 2.14. The lowest BCUT2D eigenvalue weighted by molar-refractivity contribution is 0.650. The Morgan fingerprint density at radius 1 is 0.800 bits per heavy atom. The molecule has 2 heterocycles. The van der Waals surface area contributed by atoms with Crippen molar-refractivity contribution >= 4 is 21.5 Å². The first kappa shape index (κ1) is 12.5. The van der Waals surface area contributed by atoms with Crippen molar-refractivity contribution in [3.63, 3.8) is 0 Å². The molecule has 0 saturated heterocycles. The molecule has 0 aliphatic heterocycles. The van der Waals surface area contributed by atoms with Gasteiger partial charge in [-0.3, -0.25) is 28.3 Å². The Labute approximate surface area is 112 Å². The minimum Gasteiger partial charge on any atom is -0.277 e. The van der Waals surface area contributed by atoms with E-state index in [0.717, 1.165) is 9.13 Å². The van der Waals surface area contributed by atoms with Gasteiger partial charge in [0.05, 0.1) is 21.5 Å². The van der Waals surface area contributed by atoms with Crippen LogP contribution in [0.2, 0.25) is 0 Å². The fraction of sp³-hybridized carbons (Fsp3) is 0.286. The molecule has 0 N–H and O–H groups in total. The number of nitrogens with zero attached hydrogens (tertiary/aromatic N) is 2. The molecular formula is C14H12N2O4. The first-order chi connectivity index (χ1) is 9.47. The highest BCUT2D eigenvalue weighted by molar-refractivity contribution is 5.97. The molecule has 0 aliphatic rings. The number of aromatic nitrogens is 2. The van der Waals surface area contributed by atoms with Gasteiger partial charge in [0.15, 0.2) is 0 Å². The topological polar surface area (TPSA) is 78.1 Å². The van der Waals surface area contributed by atoms with Gasteiger partial charge in [-0.1, -0.05) is 6.92 Å². The molecule has 0 aliphatic carbocycles. The van der Waals surface area contributed by atoms with Crippen molar-refractivity contribution in [3.8, 4) is 0 Å². The Bertz CT molecular complexity index is 967. The van der Waals surface area contributed by atoms with Crippen molar-refractivity contribution in [2.45, 2.75) is 19.9 Å². The van der Waals surface area contributed by atoms with E-state index in [-0.39, 0.29) is 21.5 Å². The highest BCUT2D eigenvalue weighted by Gasteiger charge is 2.17. The van der Waals surface area contributed by atoms with E-state index in [4.69, 9.17) is 0 Å². The van der Waals surface area contributed by atoms with Gasteiger partial charge < -0.3 is 0 Å². The molecule has 0 atom stereocenters. The van der Waals surface area contributed by atoms with Crippen LogP contribution in [0.1, 0.15) is 13.3 Å². The fourth-order valence-corrected chi connectivity index (χ4v) is 2.57. The predicted molar refractivity (Wildman–Crippen MR) is 76.2 cm³/mol. The van der Waals surface area contributed by atoms with Crippen LogP contribution in [0.15, 0.2) is 31.3 Å². The molecule has 0 bridgehead atoms. The monoisotopic (exact) mass is 272 g/mol. The summed E-state index contributed by atoms with van der Waals surface area (Å²) in [5.41, 5.74) is -1.68. The van der Waals surface area contributed by atoms with Gasteiger partial charge in [0.2, 0.25) is 0 Å². The molecule has 20 heavy (non-hydrogen) atoms. The van der Waals surface area contributed by atoms with Crippen LogP contribution in [-0.4, -0.2) is 9.13 Å². The molecule has 0 amide bonds. The van der Waals surface area contributed by atoms with Crippen LogP contribution in [0.5, 0.6) is 0 Å². The molecule has 0 saturated carbocycles. The quantitative estimate of drug-likeness (QED) is 0.650. The zero-order chi connectivity index (χ0) is 14.6. The third kappa shape index (κ3) is 1.39. The number of fused-ring (bicyclic) bond motifs is 2. The first-order valence-corrected chi connectivity index (χ1v) is 6.34. The van der Waals surface area contributed by atoms with Crippen LogP contribution >= 0.6 is 0 Å². The lowest BCUT2D eigenvalue weighted by Gasteiger charge is -1.93. The van der Waals surface area contributed by atoms with E-state index in [1.807, 2.05) is 6.92 Å². The molecule has 1 aromatic carbocycles. The Balaban J connectivity index is 2.59. The average Bonchev–Trinajstić information content (AvgIpc) is 2.80. The third-order valence-corrected chi connectivity index (χ3v) is 3.63. The molecular weight excluding hydrogens is 260 g/mol. The van der Waals surface area contributed by atoms with Gasteiger partial charge in [-0.25, -0.2) is 0 Å². The van der Waals surface area contributed by atoms with Crippen molar-refractivity contribution in [1.29, 1.82) is 0 Å². The fourth-order valence-electron chi connectivity index (χ4n) is 2.57. The second kappa shape index (κ2) is 4.00. The smallest absolute Gasteiger partial charge is 0.261 e. The van der Waals surface area contributed by atoms with E-state index in [1.165, 1.54) is 19.2 Å². The summed E-state index contributed by atoms with van der Waals surface area (Å²) in [6, 6.07) is 2.73. The molecule has 6 heteroatoms. The normalized spacial score (nSPS) is 11.7. The number of hydrogen-bond donors (Lipinski definition) is 0. The molecule has 0 spiro atoms. The standard InChI is InChI=1S/C14H12N2O4/c1-3-4-16-13(19)9-5-7-8(6-10(9)14(16)20)12(18)15(2)11(7)17/h5-6H,3-4H2,1-2H3. The Morgan fingerprint density at radius 3 is 1.60 bits per heavy atom. The summed E-state index contributed by atoms with van der Waals surface area (Å²) in [6.45, 7) is 2.20. The van der Waals surface area contributed by atoms with Crippen LogP contribution in [-0.2, 0) is 13.6 Å². The number of rotatable bonds is 2. The Hall–Kier alpha value is -2.50. The molecule has 0 radical (unpaired) electrons. The largest absolute Gasteiger partial charge is 0.277 e. The van der Waals surface area contributed by atoms with Crippen molar-refractivity contribution in [2.75, 3.05) is 0 Å². The molecule has 6 nitrogen and oxygen atoms in total. The summed E-state index contributed by atoms with van der Waals surface area (Å²) in [5, 5.41) is 0.795. The van der Waals surface area contributed by atoms with Gasteiger partial charge in [0.1, 0.15) is 0 Å². The van der Waals surface area contributed by atoms with Crippen molar-refractivity contribution in [3.05, 3.63) is 53.5 Å². The van der Waals surface area contributed by atoms with Crippen LogP contribution in [0.25, 0.3) is 21.5 Å². The maximum atomic E-state index is 12.2. The summed E-state index contributed by atoms with van der Waals surface area (Å²) >= 11 is 0. The predicted octanol–water partition coefficient (Wildman–Crippen LogP) is -0.141. The van der Waals surface area contributed by atoms with Gasteiger partial charge in [0.25, 0.3) is 22.2 Å². The van der Waals surface area contributed by atoms with Gasteiger partial charge in [-0.2, -0.15) is 0 Å². The molecule has 0 unspecified atom stereocenters. The zero-order valence-corrected chi connectivity index (χ0v) is 11.1. The van der Waals surface area contributed by atoms with E-state index in [9.17, 15) is 19.2 Å². The highest BCUT2D eigenvalue weighted by Crippen LogP contribution is 2.14. The maximum absolute atomic E-state index is 12.2. The summed E-state index contributed by atoms with van der Waals surface area (Å²) in [5.74, 6) is 0.